The fraction of sp³-hybridized carbons (Fsp3) is 0.833. The minimum atomic E-state index is -4.31. The molecule has 0 spiro atoms. The fourth-order valence-corrected chi connectivity index (χ4v) is 2.76. The van der Waals surface area contributed by atoms with Gasteiger partial charge in [0.2, 0.25) is 11.8 Å². The van der Waals surface area contributed by atoms with Crippen molar-refractivity contribution in [3.8, 4) is 0 Å². The van der Waals surface area contributed by atoms with E-state index in [1.165, 1.54) is 11.8 Å². The number of halogens is 3. The Hall–Kier alpha value is -1.27. The average molecular weight is 278 g/mol. The normalized spacial score (nSPS) is 28.6. The van der Waals surface area contributed by atoms with E-state index in [2.05, 4.69) is 0 Å². The molecule has 0 aromatic rings. The van der Waals surface area contributed by atoms with E-state index < -0.39 is 31.2 Å². The highest BCUT2D eigenvalue weighted by molar-refractivity contribution is 5.96. The minimum Gasteiger partial charge on any atom is -0.329 e. The molecule has 2 rings (SSSR count). The zero-order valence-corrected chi connectivity index (χ0v) is 10.7. The summed E-state index contributed by atoms with van der Waals surface area (Å²) in [7, 11) is 0. The molecule has 0 saturated carbocycles. The number of rotatable bonds is 2. The van der Waals surface area contributed by atoms with Gasteiger partial charge in [-0.05, 0) is 26.2 Å². The first-order valence-corrected chi connectivity index (χ1v) is 6.49. The van der Waals surface area contributed by atoms with E-state index in [-0.39, 0.29) is 11.8 Å². The van der Waals surface area contributed by atoms with E-state index in [4.69, 9.17) is 0 Å². The summed E-state index contributed by atoms with van der Waals surface area (Å²) in [4.78, 5) is 26.9. The van der Waals surface area contributed by atoms with Crippen molar-refractivity contribution in [2.45, 2.75) is 50.9 Å². The smallest absolute Gasteiger partial charge is 0.329 e. The second-order valence-corrected chi connectivity index (χ2v) is 5.12. The van der Waals surface area contributed by atoms with Gasteiger partial charge in [0.25, 0.3) is 0 Å². The van der Waals surface area contributed by atoms with Crippen LogP contribution in [0.15, 0.2) is 0 Å². The van der Waals surface area contributed by atoms with Crippen LogP contribution in [0.4, 0.5) is 13.2 Å². The summed E-state index contributed by atoms with van der Waals surface area (Å²) in [6.07, 6.45) is -3.14. The molecule has 2 amide bonds. The van der Waals surface area contributed by atoms with Crippen LogP contribution in [0.25, 0.3) is 0 Å². The zero-order chi connectivity index (χ0) is 14.2. The number of amides is 2. The Morgan fingerprint density at radius 1 is 1.21 bits per heavy atom. The van der Waals surface area contributed by atoms with Gasteiger partial charge in [0.1, 0.15) is 12.1 Å². The van der Waals surface area contributed by atoms with Crippen LogP contribution in [0.2, 0.25) is 0 Å². The van der Waals surface area contributed by atoms with E-state index in [9.17, 15) is 22.8 Å². The molecule has 0 aromatic heterocycles. The molecule has 7 heteroatoms. The van der Waals surface area contributed by atoms with Gasteiger partial charge in [-0.15, -0.1) is 0 Å². The third-order valence-electron chi connectivity index (χ3n) is 3.82. The first kappa shape index (κ1) is 14.1. The summed E-state index contributed by atoms with van der Waals surface area (Å²) in [6.45, 7) is 1.60. The lowest BCUT2D eigenvalue weighted by molar-refractivity contribution is -0.168. The standard InChI is InChI=1S/C12H17F3N2O2/c1-8-10(18)17-6-3-2-4-9(17)11(19)16(8)7-5-12(13,14)15/h8-9H,2-7H2,1H3. The van der Waals surface area contributed by atoms with Crippen molar-refractivity contribution < 1.29 is 22.8 Å². The molecule has 19 heavy (non-hydrogen) atoms. The molecule has 2 aliphatic rings. The second kappa shape index (κ2) is 5.02. The summed E-state index contributed by atoms with van der Waals surface area (Å²) in [5.41, 5.74) is 0. The first-order valence-electron chi connectivity index (χ1n) is 6.49. The number of alkyl halides is 3. The lowest BCUT2D eigenvalue weighted by Gasteiger charge is -2.46. The molecule has 2 atom stereocenters. The molecule has 0 N–H and O–H groups in total. The van der Waals surface area contributed by atoms with Gasteiger partial charge in [-0.3, -0.25) is 9.59 Å². The van der Waals surface area contributed by atoms with Crippen LogP contribution in [0, 0.1) is 0 Å². The predicted molar refractivity (Wildman–Crippen MR) is 61.2 cm³/mol. The van der Waals surface area contributed by atoms with Gasteiger partial charge in [-0.2, -0.15) is 13.2 Å². The van der Waals surface area contributed by atoms with E-state index in [1.807, 2.05) is 0 Å². The third-order valence-corrected chi connectivity index (χ3v) is 3.82. The molecule has 0 radical (unpaired) electrons. The molecule has 0 bridgehead atoms. The van der Waals surface area contributed by atoms with Crippen LogP contribution < -0.4 is 0 Å². The van der Waals surface area contributed by atoms with Gasteiger partial charge in [0.05, 0.1) is 6.42 Å². The van der Waals surface area contributed by atoms with Gasteiger partial charge in [0, 0.05) is 13.1 Å². The highest BCUT2D eigenvalue weighted by Crippen LogP contribution is 2.28. The van der Waals surface area contributed by atoms with Crippen molar-refractivity contribution in [3.05, 3.63) is 0 Å². The Kier molecular flexibility index (Phi) is 3.73. The summed E-state index contributed by atoms with van der Waals surface area (Å²) < 4.78 is 36.8. The SMILES string of the molecule is CC1C(=O)N2CCCCC2C(=O)N1CCC(F)(F)F. The maximum atomic E-state index is 12.3. The van der Waals surface area contributed by atoms with E-state index in [0.717, 1.165) is 17.7 Å². The number of nitrogens with zero attached hydrogens (tertiary/aromatic N) is 2. The van der Waals surface area contributed by atoms with Crippen molar-refractivity contribution in [1.29, 1.82) is 0 Å². The third kappa shape index (κ3) is 2.84. The molecule has 0 aliphatic carbocycles. The van der Waals surface area contributed by atoms with Crippen LogP contribution >= 0.6 is 0 Å². The second-order valence-electron chi connectivity index (χ2n) is 5.12. The van der Waals surface area contributed by atoms with Gasteiger partial charge >= 0.3 is 6.18 Å². The van der Waals surface area contributed by atoms with Crippen molar-refractivity contribution in [2.24, 2.45) is 0 Å². The topological polar surface area (TPSA) is 40.6 Å². The lowest BCUT2D eigenvalue weighted by atomic mass is 9.95. The maximum absolute atomic E-state index is 12.3. The monoisotopic (exact) mass is 278 g/mol. The Morgan fingerprint density at radius 3 is 2.53 bits per heavy atom. The highest BCUT2D eigenvalue weighted by atomic mass is 19.4. The zero-order valence-electron chi connectivity index (χ0n) is 10.7. The largest absolute Gasteiger partial charge is 0.390 e. The quantitative estimate of drug-likeness (QED) is 0.769. The minimum absolute atomic E-state index is 0.230. The Morgan fingerprint density at radius 2 is 1.89 bits per heavy atom. The van der Waals surface area contributed by atoms with E-state index in [0.29, 0.717) is 13.0 Å². The Labute approximate surface area is 109 Å². The summed E-state index contributed by atoms with van der Waals surface area (Å²) in [5.74, 6) is -0.567. The number of carbonyl (C=O) groups is 2. The van der Waals surface area contributed by atoms with Crippen LogP contribution in [-0.4, -0.2) is 53.0 Å². The molecule has 2 aliphatic heterocycles. The average Bonchev–Trinajstić information content (AvgIpc) is 2.35. The van der Waals surface area contributed by atoms with Crippen molar-refractivity contribution in [2.75, 3.05) is 13.1 Å². The van der Waals surface area contributed by atoms with Gasteiger partial charge in [0.15, 0.2) is 0 Å². The number of carbonyl (C=O) groups excluding carboxylic acids is 2. The molecule has 2 fully saturated rings. The van der Waals surface area contributed by atoms with Crippen LogP contribution in [0.3, 0.4) is 0 Å². The molecular formula is C12H17F3N2O2. The van der Waals surface area contributed by atoms with Crippen LogP contribution in [0.5, 0.6) is 0 Å². The fourth-order valence-electron chi connectivity index (χ4n) is 2.76. The first-order chi connectivity index (χ1) is 8.81. The van der Waals surface area contributed by atoms with Gasteiger partial charge < -0.3 is 9.80 Å². The Bertz CT molecular complexity index is 384. The molecule has 4 nitrogen and oxygen atoms in total. The number of fused-ring (bicyclic) bond motifs is 1. The van der Waals surface area contributed by atoms with Crippen LogP contribution in [-0.2, 0) is 9.59 Å². The Balaban J connectivity index is 2.11. The molecule has 2 unspecified atom stereocenters. The lowest BCUT2D eigenvalue weighted by Crippen LogP contribution is -2.65. The summed E-state index contributed by atoms with van der Waals surface area (Å²) in [6, 6.07) is -1.34. The van der Waals surface area contributed by atoms with Crippen molar-refractivity contribution in [3.63, 3.8) is 0 Å². The number of hydrogen-bond acceptors (Lipinski definition) is 2. The molecule has 2 saturated heterocycles. The number of piperazine rings is 1. The summed E-state index contributed by atoms with van der Waals surface area (Å²) in [5, 5.41) is 0. The molecular weight excluding hydrogens is 261 g/mol. The van der Waals surface area contributed by atoms with Crippen LogP contribution in [0.1, 0.15) is 32.6 Å². The maximum Gasteiger partial charge on any atom is 0.390 e. The number of piperidine rings is 1. The van der Waals surface area contributed by atoms with Crippen molar-refractivity contribution >= 4 is 11.8 Å². The molecule has 2 heterocycles. The number of hydrogen-bond donors (Lipinski definition) is 0. The van der Waals surface area contributed by atoms with Crippen molar-refractivity contribution in [1.82, 2.24) is 9.80 Å². The highest BCUT2D eigenvalue weighted by Gasteiger charge is 2.45. The van der Waals surface area contributed by atoms with E-state index in [1.54, 1.807) is 0 Å². The predicted octanol–water partition coefficient (Wildman–Crippen LogP) is 1.55. The molecule has 0 aromatic carbocycles. The molecule has 108 valence electrons. The van der Waals surface area contributed by atoms with Gasteiger partial charge in [-0.1, -0.05) is 0 Å². The summed E-state index contributed by atoms with van der Waals surface area (Å²) >= 11 is 0. The van der Waals surface area contributed by atoms with E-state index >= 15 is 0 Å². The van der Waals surface area contributed by atoms with Gasteiger partial charge in [-0.25, -0.2) is 0 Å².